The Morgan fingerprint density at radius 1 is 1.28 bits per heavy atom. The zero-order valence-corrected chi connectivity index (χ0v) is 15.3. The summed E-state index contributed by atoms with van der Waals surface area (Å²) in [6.45, 7) is -1.20. The second-order valence-electron chi connectivity index (χ2n) is 5.94. The van der Waals surface area contributed by atoms with Crippen LogP contribution in [0.1, 0.15) is 5.82 Å². The molecule has 3 aromatic heterocycles. The number of halogens is 1. The predicted molar refractivity (Wildman–Crippen MR) is 98.6 cm³/mol. The van der Waals surface area contributed by atoms with Crippen molar-refractivity contribution in [2.45, 2.75) is 13.2 Å². The van der Waals surface area contributed by atoms with Gasteiger partial charge in [-0.1, -0.05) is 6.07 Å². The molecule has 0 amide bonds. The van der Waals surface area contributed by atoms with Gasteiger partial charge in [0, 0.05) is 12.6 Å². The highest BCUT2D eigenvalue weighted by molar-refractivity contribution is 5.74. The maximum atomic E-state index is 13.2. The average Bonchev–Trinajstić information content (AvgIpc) is 3.37. The van der Waals surface area contributed by atoms with Crippen molar-refractivity contribution in [2.75, 3.05) is 13.7 Å². The van der Waals surface area contributed by atoms with Gasteiger partial charge in [0.2, 0.25) is 5.76 Å². The van der Waals surface area contributed by atoms with E-state index >= 15 is 0 Å². The summed E-state index contributed by atoms with van der Waals surface area (Å²) >= 11 is 0. The molecule has 0 fully saturated rings. The molecule has 10 nitrogen and oxygen atoms in total. The Bertz CT molecular complexity index is 1220. The molecule has 0 saturated carbocycles. The third kappa shape index (κ3) is 3.55. The van der Waals surface area contributed by atoms with E-state index in [0.717, 1.165) is 0 Å². The van der Waals surface area contributed by atoms with Crippen LogP contribution in [0.2, 0.25) is 0 Å². The number of methoxy groups -OCH3 is 1. The fourth-order valence-electron chi connectivity index (χ4n) is 2.82. The smallest absolute Gasteiger partial charge is 0.299 e. The van der Waals surface area contributed by atoms with Crippen molar-refractivity contribution in [3.8, 4) is 29.0 Å². The standard InChI is InChI=1S/C18H16FN5O5/c1-27-10-3-2-4-11(7-10)28-14-8-12(29-23-14)16-21-15-17(22-16)24(5-6-25)13(9-19)20-18(15)26/h2-4,7-8,25H,5-6,9H2,1H3,(H,21,22). The van der Waals surface area contributed by atoms with E-state index in [9.17, 15) is 14.3 Å². The maximum Gasteiger partial charge on any atom is 0.299 e. The van der Waals surface area contributed by atoms with Gasteiger partial charge in [0.15, 0.2) is 17.0 Å². The molecule has 0 radical (unpaired) electrons. The largest absolute Gasteiger partial charge is 0.497 e. The van der Waals surface area contributed by atoms with Crippen LogP contribution in [0.4, 0.5) is 4.39 Å². The molecule has 0 atom stereocenters. The number of aliphatic hydroxyl groups is 1. The van der Waals surface area contributed by atoms with Gasteiger partial charge in [-0.3, -0.25) is 4.79 Å². The van der Waals surface area contributed by atoms with Crippen LogP contribution in [-0.4, -0.2) is 43.5 Å². The van der Waals surface area contributed by atoms with Crippen molar-refractivity contribution in [1.82, 2.24) is 24.7 Å². The van der Waals surface area contributed by atoms with E-state index in [2.05, 4.69) is 20.1 Å². The fraction of sp³-hybridized carbons (Fsp3) is 0.222. The summed E-state index contributed by atoms with van der Waals surface area (Å²) in [5, 5.41) is 13.1. The number of H-pyrrole nitrogens is 1. The van der Waals surface area contributed by atoms with Crippen LogP contribution in [0.3, 0.4) is 0 Å². The van der Waals surface area contributed by atoms with Gasteiger partial charge < -0.3 is 28.7 Å². The van der Waals surface area contributed by atoms with E-state index < -0.39 is 12.2 Å². The fourth-order valence-corrected chi connectivity index (χ4v) is 2.82. The normalized spacial score (nSPS) is 11.1. The van der Waals surface area contributed by atoms with Crippen molar-refractivity contribution < 1.29 is 23.5 Å². The first-order valence-electron chi connectivity index (χ1n) is 8.58. The number of benzene rings is 1. The molecule has 0 saturated heterocycles. The van der Waals surface area contributed by atoms with Gasteiger partial charge in [-0.05, 0) is 17.3 Å². The van der Waals surface area contributed by atoms with Crippen LogP contribution < -0.4 is 15.0 Å². The predicted octanol–water partition coefficient (Wildman–Crippen LogP) is 2.04. The number of hydrogen-bond donors (Lipinski definition) is 2. The van der Waals surface area contributed by atoms with Crippen LogP contribution in [0, 0.1) is 0 Å². The summed E-state index contributed by atoms with van der Waals surface area (Å²) in [5.74, 6) is 1.56. The van der Waals surface area contributed by atoms with E-state index in [0.29, 0.717) is 11.5 Å². The van der Waals surface area contributed by atoms with Gasteiger partial charge in [0.05, 0.1) is 19.8 Å². The number of aromatic amines is 1. The molecule has 4 aromatic rings. The van der Waals surface area contributed by atoms with Crippen molar-refractivity contribution in [2.24, 2.45) is 0 Å². The molecule has 1 aromatic carbocycles. The monoisotopic (exact) mass is 401 g/mol. The van der Waals surface area contributed by atoms with Crippen LogP contribution in [0.25, 0.3) is 22.7 Å². The molecule has 3 heterocycles. The second kappa shape index (κ2) is 7.72. The second-order valence-corrected chi connectivity index (χ2v) is 5.94. The van der Waals surface area contributed by atoms with Crippen molar-refractivity contribution >= 4 is 11.2 Å². The SMILES string of the molecule is COc1cccc(Oc2cc(-c3nc4c([nH]3)c(=O)nc(CF)n4CCO)on2)c1. The van der Waals surface area contributed by atoms with Gasteiger partial charge in [0.25, 0.3) is 11.4 Å². The first-order chi connectivity index (χ1) is 14.1. The lowest BCUT2D eigenvalue weighted by Gasteiger charge is -2.08. The molecular weight excluding hydrogens is 385 g/mol. The van der Waals surface area contributed by atoms with Gasteiger partial charge in [-0.2, -0.15) is 4.98 Å². The van der Waals surface area contributed by atoms with Gasteiger partial charge in [0.1, 0.15) is 24.0 Å². The molecule has 0 bridgehead atoms. The molecule has 29 heavy (non-hydrogen) atoms. The number of nitrogens with zero attached hydrogens (tertiary/aromatic N) is 4. The van der Waals surface area contributed by atoms with E-state index in [-0.39, 0.29) is 47.6 Å². The lowest BCUT2D eigenvalue weighted by atomic mass is 10.3. The molecule has 4 rings (SSSR count). The summed E-state index contributed by atoms with van der Waals surface area (Å²) < 4.78 is 30.6. The van der Waals surface area contributed by atoms with E-state index in [1.54, 1.807) is 31.4 Å². The van der Waals surface area contributed by atoms with Crippen molar-refractivity contribution in [3.05, 3.63) is 46.5 Å². The van der Waals surface area contributed by atoms with Crippen LogP contribution in [0.15, 0.2) is 39.6 Å². The van der Waals surface area contributed by atoms with Crippen molar-refractivity contribution in [1.29, 1.82) is 0 Å². The van der Waals surface area contributed by atoms with Crippen LogP contribution in [0.5, 0.6) is 17.4 Å². The number of imidazole rings is 1. The molecule has 0 aliphatic carbocycles. The van der Waals surface area contributed by atoms with Crippen LogP contribution >= 0.6 is 0 Å². The molecule has 0 aliphatic heterocycles. The molecule has 2 N–H and O–H groups in total. The Morgan fingerprint density at radius 3 is 2.86 bits per heavy atom. The Hall–Kier alpha value is -3.73. The zero-order valence-electron chi connectivity index (χ0n) is 15.3. The van der Waals surface area contributed by atoms with Crippen LogP contribution in [-0.2, 0) is 13.2 Å². The number of aromatic nitrogens is 5. The third-order valence-electron chi connectivity index (χ3n) is 4.13. The highest BCUT2D eigenvalue weighted by atomic mass is 19.1. The Kier molecular flexibility index (Phi) is 4.96. The molecule has 11 heteroatoms. The first kappa shape index (κ1) is 18.6. The number of hydrogen-bond acceptors (Lipinski definition) is 8. The third-order valence-corrected chi connectivity index (χ3v) is 4.13. The molecule has 0 aliphatic rings. The van der Waals surface area contributed by atoms with Gasteiger partial charge in [-0.25, -0.2) is 9.37 Å². The Labute approximate surface area is 162 Å². The minimum absolute atomic E-state index is 0.0356. The lowest BCUT2D eigenvalue weighted by molar-refractivity contribution is 0.272. The lowest BCUT2D eigenvalue weighted by Crippen LogP contribution is -2.19. The van der Waals surface area contributed by atoms with E-state index in [1.165, 1.54) is 10.6 Å². The minimum Gasteiger partial charge on any atom is -0.497 e. The van der Waals surface area contributed by atoms with Gasteiger partial charge in [-0.15, -0.1) is 0 Å². The summed E-state index contributed by atoms with van der Waals surface area (Å²) in [4.78, 5) is 23.0. The maximum absolute atomic E-state index is 13.2. The topological polar surface area (TPSA) is 128 Å². The highest BCUT2D eigenvalue weighted by Crippen LogP contribution is 2.28. The number of rotatable bonds is 7. The number of alkyl halides is 1. The molecule has 0 spiro atoms. The summed E-state index contributed by atoms with van der Waals surface area (Å²) in [6.07, 6.45) is 0. The number of aliphatic hydroxyl groups excluding tert-OH is 1. The molecular formula is C18H16FN5O5. The first-order valence-corrected chi connectivity index (χ1v) is 8.58. The number of fused-ring (bicyclic) bond motifs is 1. The van der Waals surface area contributed by atoms with Gasteiger partial charge >= 0.3 is 0 Å². The summed E-state index contributed by atoms with van der Waals surface area (Å²) in [7, 11) is 1.55. The Morgan fingerprint density at radius 2 is 2.10 bits per heavy atom. The summed E-state index contributed by atoms with van der Waals surface area (Å²) in [5.41, 5.74) is -0.432. The minimum atomic E-state index is -0.964. The number of nitrogens with one attached hydrogen (secondary N) is 1. The van der Waals surface area contributed by atoms with E-state index in [1.807, 2.05) is 0 Å². The van der Waals surface area contributed by atoms with E-state index in [4.69, 9.17) is 14.0 Å². The highest BCUT2D eigenvalue weighted by Gasteiger charge is 2.18. The quantitative estimate of drug-likeness (QED) is 0.481. The Balaban J connectivity index is 1.69. The number of ether oxygens (including phenoxy) is 2. The van der Waals surface area contributed by atoms with Crippen molar-refractivity contribution in [3.63, 3.8) is 0 Å². The molecule has 0 unspecified atom stereocenters. The average molecular weight is 401 g/mol. The zero-order chi connectivity index (χ0) is 20.4. The molecule has 150 valence electrons. The summed E-state index contributed by atoms with van der Waals surface area (Å²) in [6, 6.07) is 8.43.